The molecule has 0 spiro atoms. The van der Waals surface area contributed by atoms with E-state index < -0.39 is 18.0 Å². The number of hydrogen-bond donors (Lipinski definition) is 0. The maximum atomic E-state index is 12.1. The standard InChI is InChI=1S/C20H16O6/c21-17-11-16(12-25-19(22)14-7-3-1-4-8-14)24-13-18(17)26-20(23)15-9-5-2-6-10-15/h1-10,13,16H,11-12H2. The fourth-order valence-corrected chi connectivity index (χ4v) is 2.32. The van der Waals surface area contributed by atoms with E-state index in [2.05, 4.69) is 0 Å². The molecule has 26 heavy (non-hydrogen) atoms. The summed E-state index contributed by atoms with van der Waals surface area (Å²) >= 11 is 0. The van der Waals surface area contributed by atoms with E-state index in [-0.39, 0.29) is 24.6 Å². The number of rotatable bonds is 5. The van der Waals surface area contributed by atoms with E-state index in [1.165, 1.54) is 0 Å². The number of ketones is 1. The van der Waals surface area contributed by atoms with Crippen LogP contribution in [-0.2, 0) is 19.0 Å². The molecule has 0 bridgehead atoms. The van der Waals surface area contributed by atoms with Gasteiger partial charge in [-0.05, 0) is 24.3 Å². The third-order valence-corrected chi connectivity index (χ3v) is 3.68. The van der Waals surface area contributed by atoms with Gasteiger partial charge < -0.3 is 14.2 Å². The minimum absolute atomic E-state index is 0.0457. The van der Waals surface area contributed by atoms with Gasteiger partial charge in [0.25, 0.3) is 0 Å². The molecule has 0 radical (unpaired) electrons. The second kappa shape index (κ2) is 8.11. The molecule has 2 aromatic rings. The zero-order valence-electron chi connectivity index (χ0n) is 13.8. The fourth-order valence-electron chi connectivity index (χ4n) is 2.32. The molecule has 2 aromatic carbocycles. The minimum Gasteiger partial charge on any atom is -0.490 e. The van der Waals surface area contributed by atoms with Gasteiger partial charge in [-0.3, -0.25) is 4.79 Å². The van der Waals surface area contributed by atoms with Gasteiger partial charge in [0.2, 0.25) is 11.5 Å². The van der Waals surface area contributed by atoms with E-state index in [0.717, 1.165) is 6.26 Å². The number of hydrogen-bond acceptors (Lipinski definition) is 6. The Hall–Kier alpha value is -3.41. The van der Waals surface area contributed by atoms with Crippen LogP contribution in [0.1, 0.15) is 27.1 Å². The van der Waals surface area contributed by atoms with Gasteiger partial charge in [0.1, 0.15) is 19.0 Å². The molecule has 0 saturated heterocycles. The zero-order chi connectivity index (χ0) is 18.4. The summed E-state index contributed by atoms with van der Waals surface area (Å²) in [4.78, 5) is 36.0. The summed E-state index contributed by atoms with van der Waals surface area (Å²) in [5.41, 5.74) is 0.753. The van der Waals surface area contributed by atoms with Gasteiger partial charge in [-0.25, -0.2) is 9.59 Å². The number of carbonyl (C=O) groups is 3. The first-order valence-electron chi connectivity index (χ1n) is 8.01. The highest BCUT2D eigenvalue weighted by molar-refractivity contribution is 5.99. The highest BCUT2D eigenvalue weighted by atomic mass is 16.6. The topological polar surface area (TPSA) is 78.9 Å². The first-order valence-corrected chi connectivity index (χ1v) is 8.01. The molecule has 0 aromatic heterocycles. The van der Waals surface area contributed by atoms with Gasteiger partial charge in [-0.2, -0.15) is 0 Å². The molecule has 132 valence electrons. The van der Waals surface area contributed by atoms with Crippen LogP contribution in [0.4, 0.5) is 0 Å². The van der Waals surface area contributed by atoms with Crippen LogP contribution in [0.3, 0.4) is 0 Å². The van der Waals surface area contributed by atoms with Crippen molar-refractivity contribution in [2.75, 3.05) is 6.61 Å². The molecule has 1 aliphatic heterocycles. The number of allylic oxidation sites excluding steroid dienone is 1. The lowest BCUT2D eigenvalue weighted by Gasteiger charge is -2.21. The van der Waals surface area contributed by atoms with E-state index in [9.17, 15) is 14.4 Å². The smallest absolute Gasteiger partial charge is 0.343 e. The molecular formula is C20H16O6. The number of Topliss-reactive ketones (excluding diaryl/α,β-unsaturated/α-hetero) is 1. The largest absolute Gasteiger partial charge is 0.490 e. The third-order valence-electron chi connectivity index (χ3n) is 3.68. The van der Waals surface area contributed by atoms with Crippen LogP contribution >= 0.6 is 0 Å². The number of esters is 2. The van der Waals surface area contributed by atoms with Gasteiger partial charge in [0.15, 0.2) is 0 Å². The van der Waals surface area contributed by atoms with Crippen molar-refractivity contribution >= 4 is 17.7 Å². The first kappa shape index (κ1) is 17.4. The molecule has 1 atom stereocenters. The monoisotopic (exact) mass is 352 g/mol. The molecule has 1 heterocycles. The van der Waals surface area contributed by atoms with Crippen LogP contribution in [-0.4, -0.2) is 30.4 Å². The molecule has 0 aliphatic carbocycles. The Balaban J connectivity index is 1.53. The summed E-state index contributed by atoms with van der Waals surface area (Å²) in [5, 5.41) is 0. The van der Waals surface area contributed by atoms with Crippen LogP contribution < -0.4 is 0 Å². The molecule has 1 unspecified atom stereocenters. The summed E-state index contributed by atoms with van der Waals surface area (Å²) in [5.74, 6) is -1.68. The van der Waals surface area contributed by atoms with Crippen molar-refractivity contribution in [3.63, 3.8) is 0 Å². The van der Waals surface area contributed by atoms with Crippen molar-refractivity contribution in [3.05, 3.63) is 83.8 Å². The normalized spacial score (nSPS) is 16.2. The van der Waals surface area contributed by atoms with Crippen molar-refractivity contribution in [1.29, 1.82) is 0 Å². The van der Waals surface area contributed by atoms with Crippen LogP contribution in [0.15, 0.2) is 72.7 Å². The SMILES string of the molecule is O=C1CC(COC(=O)c2ccccc2)OC=C1OC(=O)c1ccccc1. The molecule has 3 rings (SSSR count). The van der Waals surface area contributed by atoms with Crippen LogP contribution in [0.25, 0.3) is 0 Å². The van der Waals surface area contributed by atoms with Crippen LogP contribution in [0, 0.1) is 0 Å². The van der Waals surface area contributed by atoms with Crippen molar-refractivity contribution < 1.29 is 28.6 Å². The molecule has 0 saturated carbocycles. The summed E-state index contributed by atoms with van der Waals surface area (Å²) in [7, 11) is 0. The molecule has 0 amide bonds. The lowest BCUT2D eigenvalue weighted by Crippen LogP contribution is -2.29. The van der Waals surface area contributed by atoms with E-state index in [1.807, 2.05) is 0 Å². The predicted molar refractivity (Wildman–Crippen MR) is 91.2 cm³/mol. The van der Waals surface area contributed by atoms with E-state index >= 15 is 0 Å². The lowest BCUT2D eigenvalue weighted by atomic mass is 10.1. The molecule has 6 nitrogen and oxygen atoms in total. The third kappa shape index (κ3) is 4.36. The van der Waals surface area contributed by atoms with Crippen LogP contribution in [0.5, 0.6) is 0 Å². The van der Waals surface area contributed by atoms with Crippen molar-refractivity contribution in [2.24, 2.45) is 0 Å². The summed E-state index contributed by atoms with van der Waals surface area (Å²) < 4.78 is 15.6. The Labute approximate surface area is 150 Å². The highest BCUT2D eigenvalue weighted by Gasteiger charge is 2.27. The van der Waals surface area contributed by atoms with Gasteiger partial charge in [-0.1, -0.05) is 36.4 Å². The molecule has 0 N–H and O–H groups in total. The quantitative estimate of drug-likeness (QED) is 0.770. The average Bonchev–Trinajstić information content (AvgIpc) is 2.69. The summed E-state index contributed by atoms with van der Waals surface area (Å²) in [6.07, 6.45) is 0.429. The predicted octanol–water partition coefficient (Wildman–Crippen LogP) is 2.90. The van der Waals surface area contributed by atoms with E-state index in [4.69, 9.17) is 14.2 Å². The van der Waals surface area contributed by atoms with Gasteiger partial charge in [0, 0.05) is 0 Å². The zero-order valence-corrected chi connectivity index (χ0v) is 13.8. The molecular weight excluding hydrogens is 336 g/mol. The summed E-state index contributed by atoms with van der Waals surface area (Å²) in [6.45, 7) is -0.0735. The Morgan fingerprint density at radius 2 is 1.50 bits per heavy atom. The number of carbonyl (C=O) groups excluding carboxylic acids is 3. The van der Waals surface area contributed by atoms with Gasteiger partial charge >= 0.3 is 11.9 Å². The van der Waals surface area contributed by atoms with E-state index in [1.54, 1.807) is 60.7 Å². The maximum Gasteiger partial charge on any atom is 0.343 e. The van der Waals surface area contributed by atoms with Gasteiger partial charge in [0.05, 0.1) is 17.5 Å². The Kier molecular flexibility index (Phi) is 5.43. The second-order valence-corrected chi connectivity index (χ2v) is 5.59. The van der Waals surface area contributed by atoms with Crippen LogP contribution in [0.2, 0.25) is 0 Å². The highest BCUT2D eigenvalue weighted by Crippen LogP contribution is 2.18. The second-order valence-electron chi connectivity index (χ2n) is 5.59. The van der Waals surface area contributed by atoms with Crippen molar-refractivity contribution in [1.82, 2.24) is 0 Å². The number of benzene rings is 2. The summed E-state index contributed by atoms with van der Waals surface area (Å²) in [6, 6.07) is 16.9. The minimum atomic E-state index is -0.636. The van der Waals surface area contributed by atoms with Gasteiger partial charge in [-0.15, -0.1) is 0 Å². The molecule has 1 aliphatic rings. The number of ether oxygens (including phenoxy) is 3. The van der Waals surface area contributed by atoms with Crippen molar-refractivity contribution in [3.8, 4) is 0 Å². The van der Waals surface area contributed by atoms with E-state index in [0.29, 0.717) is 11.1 Å². The average molecular weight is 352 g/mol. The molecule has 6 heteroatoms. The van der Waals surface area contributed by atoms with Crippen molar-refractivity contribution in [2.45, 2.75) is 12.5 Å². The maximum absolute atomic E-state index is 12.1. The Morgan fingerprint density at radius 3 is 2.08 bits per heavy atom. The molecule has 0 fully saturated rings. The fraction of sp³-hybridized carbons (Fsp3) is 0.150. The Bertz CT molecular complexity index is 826. The first-order chi connectivity index (χ1) is 12.6. The lowest BCUT2D eigenvalue weighted by molar-refractivity contribution is -0.123. The Morgan fingerprint density at radius 1 is 0.923 bits per heavy atom.